The van der Waals surface area contributed by atoms with E-state index >= 15 is 0 Å². The first-order valence-electron chi connectivity index (χ1n) is 7.49. The van der Waals surface area contributed by atoms with Crippen molar-refractivity contribution in [3.63, 3.8) is 0 Å². The van der Waals surface area contributed by atoms with Crippen molar-refractivity contribution in [2.45, 2.75) is 45.6 Å². The van der Waals surface area contributed by atoms with Crippen LogP contribution in [0.1, 0.15) is 39.5 Å². The highest BCUT2D eigenvalue weighted by molar-refractivity contribution is 8.13. The maximum atomic E-state index is 4.73. The zero-order valence-electron chi connectivity index (χ0n) is 11.8. The Balaban J connectivity index is 1.67. The van der Waals surface area contributed by atoms with Gasteiger partial charge in [-0.3, -0.25) is 4.99 Å². The van der Waals surface area contributed by atoms with Gasteiger partial charge in [0.1, 0.15) is 0 Å². The van der Waals surface area contributed by atoms with Gasteiger partial charge in [-0.25, -0.2) is 0 Å². The fourth-order valence-corrected chi connectivity index (χ4v) is 4.11. The first-order valence-corrected chi connectivity index (χ1v) is 8.48. The van der Waals surface area contributed by atoms with Gasteiger partial charge in [0.05, 0.1) is 0 Å². The molecule has 1 aliphatic carbocycles. The Bertz CT molecular complexity index is 276. The Hall–Kier alpha value is -0.220. The molecule has 18 heavy (non-hydrogen) atoms. The average molecular weight is 269 g/mol. The molecule has 0 aromatic heterocycles. The molecule has 1 saturated carbocycles. The summed E-state index contributed by atoms with van der Waals surface area (Å²) in [6, 6.07) is 0.729. The summed E-state index contributed by atoms with van der Waals surface area (Å²) in [7, 11) is 0. The quantitative estimate of drug-likeness (QED) is 0.751. The minimum Gasteiger partial charge on any atom is -0.362 e. The Morgan fingerprint density at radius 3 is 2.94 bits per heavy atom. The molecule has 1 saturated heterocycles. The van der Waals surface area contributed by atoms with E-state index in [1.165, 1.54) is 43.1 Å². The molecule has 1 aliphatic heterocycles. The van der Waals surface area contributed by atoms with Crippen molar-refractivity contribution < 1.29 is 0 Å². The second kappa shape index (κ2) is 7.39. The molecule has 2 fully saturated rings. The lowest BCUT2D eigenvalue weighted by Gasteiger charge is -2.28. The van der Waals surface area contributed by atoms with Crippen LogP contribution in [0.3, 0.4) is 0 Å². The molecular weight excluding hydrogens is 242 g/mol. The monoisotopic (exact) mass is 269 g/mol. The van der Waals surface area contributed by atoms with Gasteiger partial charge in [-0.15, -0.1) is 0 Å². The molecule has 4 heteroatoms. The highest BCUT2D eigenvalue weighted by atomic mass is 32.2. The van der Waals surface area contributed by atoms with E-state index in [0.29, 0.717) is 0 Å². The van der Waals surface area contributed by atoms with Gasteiger partial charge in [-0.05, 0) is 44.8 Å². The number of hydrogen-bond donors (Lipinski definition) is 1. The molecule has 3 nitrogen and oxygen atoms in total. The van der Waals surface area contributed by atoms with E-state index in [9.17, 15) is 0 Å². The van der Waals surface area contributed by atoms with Crippen LogP contribution in [0, 0.1) is 5.92 Å². The summed E-state index contributed by atoms with van der Waals surface area (Å²) in [5.41, 5.74) is 0. The molecule has 0 spiro atoms. The van der Waals surface area contributed by atoms with Crippen molar-refractivity contribution in [2.75, 3.05) is 31.9 Å². The third-order valence-electron chi connectivity index (χ3n) is 4.18. The van der Waals surface area contributed by atoms with Crippen molar-refractivity contribution in [3.05, 3.63) is 0 Å². The summed E-state index contributed by atoms with van der Waals surface area (Å²) in [4.78, 5) is 7.19. The van der Waals surface area contributed by atoms with E-state index in [2.05, 4.69) is 24.1 Å². The highest BCUT2D eigenvalue weighted by Crippen LogP contribution is 2.32. The summed E-state index contributed by atoms with van der Waals surface area (Å²) >= 11 is 1.94. The largest absolute Gasteiger partial charge is 0.362 e. The molecule has 104 valence electrons. The van der Waals surface area contributed by atoms with Gasteiger partial charge in [0, 0.05) is 18.3 Å². The van der Waals surface area contributed by atoms with Crippen molar-refractivity contribution >= 4 is 16.9 Å². The Kier molecular flexibility index (Phi) is 5.83. The maximum absolute atomic E-state index is 4.73. The predicted octanol–water partition coefficient (Wildman–Crippen LogP) is 2.58. The lowest BCUT2D eigenvalue weighted by atomic mass is 10.1. The van der Waals surface area contributed by atoms with Crippen LogP contribution in [-0.4, -0.2) is 48.0 Å². The van der Waals surface area contributed by atoms with Gasteiger partial charge < -0.3 is 10.2 Å². The summed E-state index contributed by atoms with van der Waals surface area (Å²) in [6.45, 7) is 8.93. The Labute approximate surface area is 116 Å². The number of nitrogens with one attached hydrogen (secondary N) is 1. The third-order valence-corrected chi connectivity index (χ3v) is 5.30. The van der Waals surface area contributed by atoms with Gasteiger partial charge in [-0.1, -0.05) is 32.0 Å². The van der Waals surface area contributed by atoms with E-state index in [-0.39, 0.29) is 0 Å². The molecule has 1 heterocycles. The Morgan fingerprint density at radius 1 is 1.33 bits per heavy atom. The van der Waals surface area contributed by atoms with Crippen molar-refractivity contribution in [3.8, 4) is 0 Å². The van der Waals surface area contributed by atoms with Crippen LogP contribution in [0.25, 0.3) is 0 Å². The van der Waals surface area contributed by atoms with Crippen LogP contribution in [0.15, 0.2) is 4.99 Å². The van der Waals surface area contributed by atoms with Crippen molar-refractivity contribution in [1.29, 1.82) is 0 Å². The summed E-state index contributed by atoms with van der Waals surface area (Å²) in [6.07, 6.45) is 5.35. The van der Waals surface area contributed by atoms with Crippen LogP contribution in [-0.2, 0) is 0 Å². The normalized spacial score (nSPS) is 29.6. The number of rotatable bonds is 6. The molecule has 0 aromatic rings. The van der Waals surface area contributed by atoms with Gasteiger partial charge in [0.15, 0.2) is 5.17 Å². The Morgan fingerprint density at radius 2 is 2.17 bits per heavy atom. The van der Waals surface area contributed by atoms with E-state index in [0.717, 1.165) is 31.6 Å². The number of aliphatic imine (C=N–C) groups is 1. The SMILES string of the molecule is CCN(CC)CCCN=C1NC2CCCC2CS1. The van der Waals surface area contributed by atoms with E-state index < -0.39 is 0 Å². The first-order chi connectivity index (χ1) is 8.83. The molecule has 0 bridgehead atoms. The fourth-order valence-electron chi connectivity index (χ4n) is 2.92. The molecule has 0 aromatic carbocycles. The summed E-state index contributed by atoms with van der Waals surface area (Å²) in [5, 5.41) is 4.84. The van der Waals surface area contributed by atoms with Crippen LogP contribution in [0.2, 0.25) is 0 Å². The number of nitrogens with zero attached hydrogens (tertiary/aromatic N) is 2. The fraction of sp³-hybridized carbons (Fsp3) is 0.929. The minimum absolute atomic E-state index is 0.729. The summed E-state index contributed by atoms with van der Waals surface area (Å²) < 4.78 is 0. The zero-order chi connectivity index (χ0) is 12.8. The molecule has 2 rings (SSSR count). The minimum atomic E-state index is 0.729. The van der Waals surface area contributed by atoms with Crippen LogP contribution in [0.5, 0.6) is 0 Å². The topological polar surface area (TPSA) is 27.6 Å². The smallest absolute Gasteiger partial charge is 0.156 e. The van der Waals surface area contributed by atoms with E-state index in [1.807, 2.05) is 11.8 Å². The lowest BCUT2D eigenvalue weighted by Crippen LogP contribution is -2.41. The number of hydrogen-bond acceptors (Lipinski definition) is 3. The van der Waals surface area contributed by atoms with Crippen LogP contribution >= 0.6 is 11.8 Å². The van der Waals surface area contributed by atoms with Crippen molar-refractivity contribution in [1.82, 2.24) is 10.2 Å². The van der Waals surface area contributed by atoms with Gasteiger partial charge in [0.2, 0.25) is 0 Å². The predicted molar refractivity (Wildman–Crippen MR) is 81.4 cm³/mol. The van der Waals surface area contributed by atoms with Gasteiger partial charge >= 0.3 is 0 Å². The van der Waals surface area contributed by atoms with Gasteiger partial charge in [0.25, 0.3) is 0 Å². The average Bonchev–Trinajstić information content (AvgIpc) is 2.86. The van der Waals surface area contributed by atoms with E-state index in [1.54, 1.807) is 0 Å². The molecular formula is C14H27N3S. The van der Waals surface area contributed by atoms with Crippen LogP contribution in [0.4, 0.5) is 0 Å². The third kappa shape index (κ3) is 3.89. The molecule has 2 atom stereocenters. The molecule has 2 unspecified atom stereocenters. The number of amidine groups is 1. The molecule has 1 N–H and O–H groups in total. The maximum Gasteiger partial charge on any atom is 0.156 e. The van der Waals surface area contributed by atoms with Gasteiger partial charge in [-0.2, -0.15) is 0 Å². The highest BCUT2D eigenvalue weighted by Gasteiger charge is 2.31. The van der Waals surface area contributed by atoms with E-state index in [4.69, 9.17) is 4.99 Å². The first kappa shape index (κ1) is 14.2. The lowest BCUT2D eigenvalue weighted by molar-refractivity contribution is 0.302. The van der Waals surface area contributed by atoms with Crippen LogP contribution < -0.4 is 5.32 Å². The number of fused-ring (bicyclic) bond motifs is 1. The second-order valence-electron chi connectivity index (χ2n) is 5.32. The molecule has 0 amide bonds. The number of thioether (sulfide) groups is 1. The standard InChI is InChI=1S/C14H27N3S/c1-3-17(4-2)10-6-9-15-14-16-13-8-5-7-12(13)11-18-14/h12-13H,3-11H2,1-2H3,(H,15,16). The zero-order valence-corrected chi connectivity index (χ0v) is 12.6. The second-order valence-corrected chi connectivity index (χ2v) is 6.33. The molecule has 0 radical (unpaired) electrons. The summed E-state index contributed by atoms with van der Waals surface area (Å²) in [5.74, 6) is 2.19. The van der Waals surface area contributed by atoms with Crippen molar-refractivity contribution in [2.24, 2.45) is 10.9 Å². The molecule has 2 aliphatic rings.